The van der Waals surface area contributed by atoms with Crippen LogP contribution in [0.25, 0.3) is 0 Å². The van der Waals surface area contributed by atoms with E-state index in [9.17, 15) is 9.59 Å². The SMILES string of the molecule is CN1CCN(CCCNC(=O)CC(NC(=O)c2ccccc2Cl)c2ccccc2)CC1. The van der Waals surface area contributed by atoms with E-state index in [-0.39, 0.29) is 18.2 Å². The third kappa shape index (κ3) is 7.35. The number of halogens is 1. The molecule has 1 heterocycles. The van der Waals surface area contributed by atoms with E-state index in [4.69, 9.17) is 11.6 Å². The summed E-state index contributed by atoms with van der Waals surface area (Å²) in [5.74, 6) is -0.367. The highest BCUT2D eigenvalue weighted by molar-refractivity contribution is 6.33. The molecule has 2 N–H and O–H groups in total. The smallest absolute Gasteiger partial charge is 0.253 e. The molecule has 166 valence electrons. The quantitative estimate of drug-likeness (QED) is 0.586. The van der Waals surface area contributed by atoms with Gasteiger partial charge >= 0.3 is 0 Å². The lowest BCUT2D eigenvalue weighted by atomic mass is 10.0. The fourth-order valence-corrected chi connectivity index (χ4v) is 3.90. The zero-order valence-electron chi connectivity index (χ0n) is 18.0. The molecule has 1 unspecified atom stereocenters. The van der Waals surface area contributed by atoms with Gasteiger partial charge in [0.15, 0.2) is 0 Å². The molecule has 0 radical (unpaired) electrons. The second kappa shape index (κ2) is 11.8. The Morgan fingerprint density at radius 1 is 1.00 bits per heavy atom. The minimum Gasteiger partial charge on any atom is -0.356 e. The normalized spacial score (nSPS) is 15.9. The van der Waals surface area contributed by atoms with Gasteiger partial charge in [0.05, 0.1) is 23.0 Å². The van der Waals surface area contributed by atoms with Crippen LogP contribution in [0, 0.1) is 0 Å². The van der Waals surface area contributed by atoms with Crippen molar-refractivity contribution < 1.29 is 9.59 Å². The van der Waals surface area contributed by atoms with Gasteiger partial charge < -0.3 is 20.4 Å². The molecule has 1 saturated heterocycles. The van der Waals surface area contributed by atoms with Gasteiger partial charge in [-0.2, -0.15) is 0 Å². The number of benzene rings is 2. The third-order valence-corrected chi connectivity index (χ3v) is 5.91. The first-order valence-electron chi connectivity index (χ1n) is 10.8. The molecular formula is C24H31ClN4O2. The Morgan fingerprint density at radius 3 is 2.39 bits per heavy atom. The van der Waals surface area contributed by atoms with Gasteiger partial charge in [-0.05, 0) is 37.7 Å². The maximum Gasteiger partial charge on any atom is 0.253 e. The summed E-state index contributed by atoms with van der Waals surface area (Å²) in [7, 11) is 2.14. The Balaban J connectivity index is 1.52. The van der Waals surface area contributed by atoms with Gasteiger partial charge in [-0.1, -0.05) is 54.1 Å². The van der Waals surface area contributed by atoms with E-state index < -0.39 is 6.04 Å². The highest BCUT2D eigenvalue weighted by Crippen LogP contribution is 2.20. The van der Waals surface area contributed by atoms with Crippen LogP contribution in [-0.4, -0.2) is 67.9 Å². The monoisotopic (exact) mass is 442 g/mol. The highest BCUT2D eigenvalue weighted by atomic mass is 35.5. The lowest BCUT2D eigenvalue weighted by molar-refractivity contribution is -0.121. The van der Waals surface area contributed by atoms with Gasteiger partial charge in [-0.25, -0.2) is 0 Å². The zero-order valence-corrected chi connectivity index (χ0v) is 18.8. The largest absolute Gasteiger partial charge is 0.356 e. The Kier molecular flexibility index (Phi) is 8.88. The van der Waals surface area contributed by atoms with Gasteiger partial charge in [-0.15, -0.1) is 0 Å². The Morgan fingerprint density at radius 2 is 1.68 bits per heavy atom. The van der Waals surface area contributed by atoms with E-state index in [2.05, 4.69) is 27.5 Å². The summed E-state index contributed by atoms with van der Waals surface area (Å²) in [6.07, 6.45) is 1.09. The van der Waals surface area contributed by atoms with E-state index in [1.165, 1.54) is 0 Å². The number of rotatable bonds is 9. The molecule has 7 heteroatoms. The van der Waals surface area contributed by atoms with E-state index in [0.29, 0.717) is 17.1 Å². The molecule has 31 heavy (non-hydrogen) atoms. The van der Waals surface area contributed by atoms with Crippen molar-refractivity contribution in [3.05, 3.63) is 70.7 Å². The molecule has 0 spiro atoms. The molecule has 1 aliphatic rings. The molecule has 6 nitrogen and oxygen atoms in total. The summed E-state index contributed by atoms with van der Waals surface area (Å²) in [5.41, 5.74) is 1.29. The third-order valence-electron chi connectivity index (χ3n) is 5.58. The number of carbonyl (C=O) groups excluding carboxylic acids is 2. The summed E-state index contributed by atoms with van der Waals surface area (Å²) in [6, 6.07) is 16.0. The van der Waals surface area contributed by atoms with Gasteiger partial charge in [0.1, 0.15) is 0 Å². The topological polar surface area (TPSA) is 64.7 Å². The Bertz CT molecular complexity index is 854. The number of amides is 2. The van der Waals surface area contributed by atoms with E-state index in [0.717, 1.165) is 44.7 Å². The number of carbonyl (C=O) groups is 2. The first-order chi connectivity index (χ1) is 15.0. The summed E-state index contributed by atoms with van der Waals surface area (Å²) in [6.45, 7) is 5.96. The first kappa shape index (κ1) is 23.3. The minimum absolute atomic E-state index is 0.0771. The fraction of sp³-hybridized carbons (Fsp3) is 0.417. The van der Waals surface area contributed by atoms with Gasteiger partial charge in [-0.3, -0.25) is 9.59 Å². The maximum atomic E-state index is 12.8. The van der Waals surface area contributed by atoms with Crippen molar-refractivity contribution in [2.45, 2.75) is 18.9 Å². The van der Waals surface area contributed by atoms with Gasteiger partial charge in [0.2, 0.25) is 5.91 Å². The fourth-order valence-electron chi connectivity index (χ4n) is 3.68. The highest BCUT2D eigenvalue weighted by Gasteiger charge is 2.20. The van der Waals surface area contributed by atoms with Crippen LogP contribution in [0.3, 0.4) is 0 Å². The first-order valence-corrected chi connectivity index (χ1v) is 11.2. The standard InChI is InChI=1S/C24H31ClN4O2/c1-28-14-16-29(17-15-28)13-7-12-26-23(30)18-22(19-8-3-2-4-9-19)27-24(31)20-10-5-6-11-21(20)25/h2-6,8-11,22H,7,12-18H2,1H3,(H,26,30)(H,27,31). The molecule has 1 aliphatic heterocycles. The van der Waals surface area contributed by atoms with Crippen LogP contribution in [0.1, 0.15) is 34.8 Å². The predicted molar refractivity (Wildman–Crippen MR) is 124 cm³/mol. The average molecular weight is 443 g/mol. The Labute approximate surface area is 189 Å². The van der Waals surface area contributed by atoms with Crippen molar-refractivity contribution in [2.24, 2.45) is 0 Å². The van der Waals surface area contributed by atoms with Crippen LogP contribution < -0.4 is 10.6 Å². The van der Waals surface area contributed by atoms with E-state index in [1.54, 1.807) is 24.3 Å². The second-order valence-electron chi connectivity index (χ2n) is 7.97. The van der Waals surface area contributed by atoms with Crippen LogP contribution in [-0.2, 0) is 4.79 Å². The Hall–Kier alpha value is -2.41. The van der Waals surface area contributed by atoms with Crippen molar-refractivity contribution in [1.82, 2.24) is 20.4 Å². The average Bonchev–Trinajstić information content (AvgIpc) is 2.78. The maximum absolute atomic E-state index is 12.8. The van der Waals surface area contributed by atoms with Crippen LogP contribution in [0.2, 0.25) is 5.02 Å². The molecule has 0 saturated carbocycles. The van der Waals surface area contributed by atoms with E-state index >= 15 is 0 Å². The number of nitrogens with one attached hydrogen (secondary N) is 2. The molecule has 0 bridgehead atoms. The number of likely N-dealkylation sites (N-methyl/N-ethyl adjacent to an activating group) is 1. The minimum atomic E-state index is -0.428. The molecule has 1 atom stereocenters. The number of nitrogens with zero attached hydrogens (tertiary/aromatic N) is 2. The molecule has 2 aromatic carbocycles. The van der Waals surface area contributed by atoms with Crippen LogP contribution in [0.5, 0.6) is 0 Å². The summed E-state index contributed by atoms with van der Waals surface area (Å²) in [4.78, 5) is 30.1. The van der Waals surface area contributed by atoms with Crippen LogP contribution >= 0.6 is 11.6 Å². The molecule has 2 amide bonds. The number of hydrogen-bond acceptors (Lipinski definition) is 4. The summed E-state index contributed by atoms with van der Waals surface area (Å²) >= 11 is 6.16. The zero-order chi connectivity index (χ0) is 22.1. The van der Waals surface area contributed by atoms with Crippen molar-refractivity contribution in [1.29, 1.82) is 0 Å². The van der Waals surface area contributed by atoms with Crippen molar-refractivity contribution >= 4 is 23.4 Å². The van der Waals surface area contributed by atoms with Crippen molar-refractivity contribution in [2.75, 3.05) is 46.3 Å². The summed E-state index contributed by atoms with van der Waals surface area (Å²) < 4.78 is 0. The number of hydrogen-bond donors (Lipinski definition) is 2. The van der Waals surface area contributed by atoms with Crippen molar-refractivity contribution in [3.8, 4) is 0 Å². The second-order valence-corrected chi connectivity index (χ2v) is 8.38. The number of piperazine rings is 1. The van der Waals surface area contributed by atoms with Gasteiger partial charge in [0.25, 0.3) is 5.91 Å². The van der Waals surface area contributed by atoms with Crippen LogP contribution in [0.15, 0.2) is 54.6 Å². The molecule has 1 fully saturated rings. The summed E-state index contributed by atoms with van der Waals surface area (Å²) in [5, 5.41) is 6.36. The molecule has 2 aromatic rings. The van der Waals surface area contributed by atoms with E-state index in [1.807, 2.05) is 30.3 Å². The molecule has 0 aliphatic carbocycles. The van der Waals surface area contributed by atoms with Crippen LogP contribution in [0.4, 0.5) is 0 Å². The predicted octanol–water partition coefficient (Wildman–Crippen LogP) is 2.95. The lowest BCUT2D eigenvalue weighted by Gasteiger charge is -2.32. The molecule has 3 rings (SSSR count). The van der Waals surface area contributed by atoms with Crippen molar-refractivity contribution in [3.63, 3.8) is 0 Å². The molecule has 0 aromatic heterocycles. The lowest BCUT2D eigenvalue weighted by Crippen LogP contribution is -2.45. The molecular weight excluding hydrogens is 412 g/mol. The van der Waals surface area contributed by atoms with Gasteiger partial charge in [0, 0.05) is 32.7 Å².